The number of piperidine rings is 1. The summed E-state index contributed by atoms with van der Waals surface area (Å²) in [6, 6.07) is 15.2. The first-order valence-electron chi connectivity index (χ1n) is 8.66. The average molecular weight is 368 g/mol. The summed E-state index contributed by atoms with van der Waals surface area (Å²) in [4.78, 5) is 13.9. The maximum atomic E-state index is 11.9. The Morgan fingerprint density at radius 3 is 2.54 bits per heavy atom. The third-order valence-electron chi connectivity index (χ3n) is 4.52. The molecule has 1 aliphatic heterocycles. The SMILES string of the molecule is O=C1CCCCN1Cc1ccc(-c2nnc(-c3ccccc3Cl)o2)cc1. The van der Waals surface area contributed by atoms with Gasteiger partial charge in [-0.3, -0.25) is 4.79 Å². The molecular weight excluding hydrogens is 350 g/mol. The molecule has 0 unspecified atom stereocenters. The molecule has 0 bridgehead atoms. The van der Waals surface area contributed by atoms with Crippen LogP contribution in [0.3, 0.4) is 0 Å². The largest absolute Gasteiger partial charge is 0.416 e. The fraction of sp³-hybridized carbons (Fsp3) is 0.250. The van der Waals surface area contributed by atoms with Gasteiger partial charge in [0, 0.05) is 25.1 Å². The number of nitrogens with zero attached hydrogens (tertiary/aromatic N) is 3. The van der Waals surface area contributed by atoms with Crippen LogP contribution in [0.15, 0.2) is 52.9 Å². The molecule has 1 fully saturated rings. The van der Waals surface area contributed by atoms with Gasteiger partial charge in [-0.15, -0.1) is 10.2 Å². The highest BCUT2D eigenvalue weighted by atomic mass is 35.5. The number of halogens is 1. The van der Waals surface area contributed by atoms with Gasteiger partial charge in [0.15, 0.2) is 0 Å². The van der Waals surface area contributed by atoms with Gasteiger partial charge in [-0.2, -0.15) is 0 Å². The van der Waals surface area contributed by atoms with Gasteiger partial charge in [-0.25, -0.2) is 0 Å². The number of likely N-dealkylation sites (tertiary alicyclic amines) is 1. The van der Waals surface area contributed by atoms with Gasteiger partial charge in [0.2, 0.25) is 17.7 Å². The first-order chi connectivity index (χ1) is 12.7. The molecule has 132 valence electrons. The molecule has 2 heterocycles. The lowest BCUT2D eigenvalue weighted by Gasteiger charge is -2.26. The molecule has 3 aromatic rings. The van der Waals surface area contributed by atoms with Crippen LogP contribution < -0.4 is 0 Å². The number of amides is 1. The lowest BCUT2D eigenvalue weighted by Crippen LogP contribution is -2.34. The Hall–Kier alpha value is -2.66. The topological polar surface area (TPSA) is 59.2 Å². The minimum atomic E-state index is 0.238. The van der Waals surface area contributed by atoms with Crippen molar-refractivity contribution < 1.29 is 9.21 Å². The summed E-state index contributed by atoms with van der Waals surface area (Å²) in [5.74, 6) is 1.08. The molecule has 0 aliphatic carbocycles. The highest BCUT2D eigenvalue weighted by molar-refractivity contribution is 6.33. The summed E-state index contributed by atoms with van der Waals surface area (Å²) >= 11 is 6.18. The van der Waals surface area contributed by atoms with E-state index in [0.717, 1.165) is 30.5 Å². The zero-order valence-corrected chi connectivity index (χ0v) is 14.9. The molecule has 1 aliphatic rings. The van der Waals surface area contributed by atoms with Crippen molar-refractivity contribution in [3.63, 3.8) is 0 Å². The number of hydrogen-bond donors (Lipinski definition) is 0. The van der Waals surface area contributed by atoms with E-state index in [2.05, 4.69) is 10.2 Å². The van der Waals surface area contributed by atoms with Gasteiger partial charge < -0.3 is 9.32 Å². The van der Waals surface area contributed by atoms with E-state index in [0.29, 0.717) is 35.3 Å². The standard InChI is InChI=1S/C20H18ClN3O2/c21-17-6-2-1-5-16(17)20-23-22-19(26-20)15-10-8-14(9-11-15)13-24-12-4-3-7-18(24)25/h1-2,5-6,8-11H,3-4,7,12-13H2. The molecule has 1 amide bonds. The second-order valence-corrected chi connectivity index (χ2v) is 6.77. The first kappa shape index (κ1) is 16.8. The molecule has 0 atom stereocenters. The molecule has 5 nitrogen and oxygen atoms in total. The third-order valence-corrected chi connectivity index (χ3v) is 4.85. The van der Waals surface area contributed by atoms with Crippen LogP contribution in [0.1, 0.15) is 24.8 Å². The summed E-state index contributed by atoms with van der Waals surface area (Å²) in [6.07, 6.45) is 2.74. The van der Waals surface area contributed by atoms with Gasteiger partial charge in [0.1, 0.15) is 0 Å². The van der Waals surface area contributed by atoms with E-state index in [-0.39, 0.29) is 5.91 Å². The predicted octanol–water partition coefficient (Wildman–Crippen LogP) is 4.57. The Kier molecular flexibility index (Phi) is 4.71. The summed E-state index contributed by atoms with van der Waals surface area (Å²) < 4.78 is 5.77. The molecule has 0 saturated carbocycles. The smallest absolute Gasteiger partial charge is 0.249 e. The van der Waals surface area contributed by atoms with Crippen LogP contribution in [0.5, 0.6) is 0 Å². The molecular formula is C20H18ClN3O2. The lowest BCUT2D eigenvalue weighted by atomic mass is 10.1. The second-order valence-electron chi connectivity index (χ2n) is 6.36. The highest BCUT2D eigenvalue weighted by Gasteiger charge is 2.18. The molecule has 6 heteroatoms. The Morgan fingerprint density at radius 2 is 1.77 bits per heavy atom. The van der Waals surface area contributed by atoms with Gasteiger partial charge in [0.25, 0.3) is 0 Å². The van der Waals surface area contributed by atoms with Crippen LogP contribution in [0.25, 0.3) is 22.9 Å². The maximum Gasteiger partial charge on any atom is 0.249 e. The molecule has 1 saturated heterocycles. The molecule has 4 rings (SSSR count). The number of aromatic nitrogens is 2. The number of carbonyl (C=O) groups excluding carboxylic acids is 1. The van der Waals surface area contributed by atoms with Crippen molar-refractivity contribution >= 4 is 17.5 Å². The van der Waals surface area contributed by atoms with Crippen LogP contribution in [0.2, 0.25) is 5.02 Å². The predicted molar refractivity (Wildman–Crippen MR) is 99.4 cm³/mol. The van der Waals surface area contributed by atoms with E-state index in [9.17, 15) is 4.79 Å². The minimum Gasteiger partial charge on any atom is -0.416 e. The van der Waals surface area contributed by atoms with Crippen molar-refractivity contribution in [1.82, 2.24) is 15.1 Å². The van der Waals surface area contributed by atoms with E-state index in [1.807, 2.05) is 47.4 Å². The van der Waals surface area contributed by atoms with Gasteiger partial charge >= 0.3 is 0 Å². The van der Waals surface area contributed by atoms with Crippen LogP contribution in [-0.4, -0.2) is 27.5 Å². The van der Waals surface area contributed by atoms with Crippen molar-refractivity contribution in [3.8, 4) is 22.9 Å². The van der Waals surface area contributed by atoms with Crippen molar-refractivity contribution in [2.24, 2.45) is 0 Å². The fourth-order valence-electron chi connectivity index (χ4n) is 3.09. The molecule has 26 heavy (non-hydrogen) atoms. The summed E-state index contributed by atoms with van der Waals surface area (Å²) in [7, 11) is 0. The number of carbonyl (C=O) groups is 1. The summed E-state index contributed by atoms with van der Waals surface area (Å²) in [5.41, 5.74) is 2.65. The van der Waals surface area contributed by atoms with Crippen LogP contribution in [0, 0.1) is 0 Å². The molecule has 0 radical (unpaired) electrons. The van der Waals surface area contributed by atoms with Gasteiger partial charge in [0.05, 0.1) is 10.6 Å². The van der Waals surface area contributed by atoms with Crippen molar-refractivity contribution in [1.29, 1.82) is 0 Å². The number of benzene rings is 2. The fourth-order valence-corrected chi connectivity index (χ4v) is 3.30. The third kappa shape index (κ3) is 3.48. The normalized spacial score (nSPS) is 14.7. The summed E-state index contributed by atoms with van der Waals surface area (Å²) in [5, 5.41) is 8.79. The Labute approximate surface area is 156 Å². The van der Waals surface area contributed by atoms with E-state index >= 15 is 0 Å². The maximum absolute atomic E-state index is 11.9. The minimum absolute atomic E-state index is 0.238. The number of hydrogen-bond acceptors (Lipinski definition) is 4. The highest BCUT2D eigenvalue weighted by Crippen LogP contribution is 2.29. The molecule has 2 aromatic carbocycles. The van der Waals surface area contributed by atoms with Gasteiger partial charge in [-0.05, 0) is 42.7 Å². The average Bonchev–Trinajstić information content (AvgIpc) is 3.14. The Morgan fingerprint density at radius 1 is 1.00 bits per heavy atom. The van der Waals surface area contributed by atoms with Crippen molar-refractivity contribution in [2.75, 3.05) is 6.54 Å². The van der Waals surface area contributed by atoms with E-state index in [1.54, 1.807) is 6.07 Å². The van der Waals surface area contributed by atoms with Gasteiger partial charge in [-0.1, -0.05) is 35.9 Å². The monoisotopic (exact) mass is 367 g/mol. The zero-order valence-electron chi connectivity index (χ0n) is 14.2. The molecule has 0 N–H and O–H groups in total. The van der Waals surface area contributed by atoms with E-state index in [4.69, 9.17) is 16.0 Å². The summed E-state index contributed by atoms with van der Waals surface area (Å²) in [6.45, 7) is 1.49. The first-order valence-corrected chi connectivity index (χ1v) is 9.04. The number of rotatable bonds is 4. The molecule has 0 spiro atoms. The molecule has 1 aromatic heterocycles. The lowest BCUT2D eigenvalue weighted by molar-refractivity contribution is -0.133. The zero-order chi connectivity index (χ0) is 17.9. The quantitative estimate of drug-likeness (QED) is 0.677. The second kappa shape index (κ2) is 7.30. The van der Waals surface area contributed by atoms with Crippen LogP contribution >= 0.6 is 11.6 Å². The Balaban J connectivity index is 1.51. The van der Waals surface area contributed by atoms with Crippen LogP contribution in [-0.2, 0) is 11.3 Å². The van der Waals surface area contributed by atoms with E-state index in [1.165, 1.54) is 0 Å². The van der Waals surface area contributed by atoms with Crippen molar-refractivity contribution in [2.45, 2.75) is 25.8 Å². The van der Waals surface area contributed by atoms with E-state index < -0.39 is 0 Å². The Bertz CT molecular complexity index is 921. The van der Waals surface area contributed by atoms with Crippen LogP contribution in [0.4, 0.5) is 0 Å². The van der Waals surface area contributed by atoms with Crippen molar-refractivity contribution in [3.05, 3.63) is 59.1 Å².